The lowest BCUT2D eigenvalue weighted by atomic mass is 10.2. The first-order valence-corrected chi connectivity index (χ1v) is 5.15. The molecule has 0 amide bonds. The Hall–Kier alpha value is -2.01. The quantitative estimate of drug-likeness (QED) is 0.882. The Labute approximate surface area is 98.3 Å². The minimum absolute atomic E-state index is 0.125. The number of nitrogens with two attached hydrogens (primary N) is 1. The monoisotopic (exact) mass is 233 g/mol. The van der Waals surface area contributed by atoms with E-state index in [-0.39, 0.29) is 5.75 Å². The van der Waals surface area contributed by atoms with Crippen molar-refractivity contribution in [3.63, 3.8) is 0 Å². The lowest BCUT2D eigenvalue weighted by molar-refractivity contribution is 0.424. The van der Waals surface area contributed by atoms with E-state index in [9.17, 15) is 4.39 Å². The van der Waals surface area contributed by atoms with Gasteiger partial charge in [0.25, 0.3) is 0 Å². The van der Waals surface area contributed by atoms with Crippen LogP contribution in [0.15, 0.2) is 30.5 Å². The van der Waals surface area contributed by atoms with E-state index in [1.807, 2.05) is 0 Å². The molecule has 0 aliphatic carbocycles. The highest BCUT2D eigenvalue weighted by Crippen LogP contribution is 2.23. The van der Waals surface area contributed by atoms with Gasteiger partial charge in [0.15, 0.2) is 11.6 Å². The van der Waals surface area contributed by atoms with Gasteiger partial charge in [-0.3, -0.25) is 0 Å². The number of nitrogens with zero attached hydrogens (tertiary/aromatic N) is 2. The number of rotatable bonds is 3. The molecule has 1 aromatic carbocycles. The molecule has 0 radical (unpaired) electrons. The number of halogens is 1. The highest BCUT2D eigenvalue weighted by atomic mass is 19.1. The molecule has 4 nitrogen and oxygen atoms in total. The van der Waals surface area contributed by atoms with E-state index in [2.05, 4.69) is 9.97 Å². The number of ether oxygens (including phenoxy) is 1. The predicted octanol–water partition coefficient (Wildman–Crippen LogP) is 2.18. The Balaban J connectivity index is 2.24. The SMILES string of the molecule is Cc1nccc(Oc2ccc(CN)cc2F)n1. The number of hydrogen-bond donors (Lipinski definition) is 1. The molecular weight excluding hydrogens is 221 g/mol. The Kier molecular flexibility index (Phi) is 3.30. The molecule has 2 rings (SSSR count). The topological polar surface area (TPSA) is 61.0 Å². The van der Waals surface area contributed by atoms with Crippen molar-refractivity contribution in [3.05, 3.63) is 47.7 Å². The minimum atomic E-state index is -0.454. The standard InChI is InChI=1S/C12H12FN3O/c1-8-15-5-4-12(16-8)17-11-3-2-9(7-14)6-10(11)13/h2-6H,7,14H2,1H3. The van der Waals surface area contributed by atoms with E-state index in [0.29, 0.717) is 23.8 Å². The molecule has 0 fully saturated rings. The van der Waals surface area contributed by atoms with Crippen LogP contribution in [0, 0.1) is 12.7 Å². The van der Waals surface area contributed by atoms with Gasteiger partial charge < -0.3 is 10.5 Å². The second-order valence-corrected chi connectivity index (χ2v) is 3.51. The maximum Gasteiger partial charge on any atom is 0.222 e. The lowest BCUT2D eigenvalue weighted by Gasteiger charge is -2.07. The van der Waals surface area contributed by atoms with Crippen molar-refractivity contribution in [2.75, 3.05) is 0 Å². The smallest absolute Gasteiger partial charge is 0.222 e. The highest BCUT2D eigenvalue weighted by Gasteiger charge is 2.06. The zero-order valence-electron chi connectivity index (χ0n) is 9.35. The summed E-state index contributed by atoms with van der Waals surface area (Å²) >= 11 is 0. The summed E-state index contributed by atoms with van der Waals surface area (Å²) in [7, 11) is 0. The van der Waals surface area contributed by atoms with Gasteiger partial charge in [0.1, 0.15) is 5.82 Å². The first-order valence-electron chi connectivity index (χ1n) is 5.15. The van der Waals surface area contributed by atoms with Gasteiger partial charge in [-0.1, -0.05) is 6.07 Å². The van der Waals surface area contributed by atoms with Crippen LogP contribution in [0.1, 0.15) is 11.4 Å². The molecule has 0 aliphatic rings. The van der Waals surface area contributed by atoms with Gasteiger partial charge in [-0.25, -0.2) is 9.37 Å². The summed E-state index contributed by atoms with van der Waals surface area (Å²) in [5, 5.41) is 0. The van der Waals surface area contributed by atoms with Crippen molar-refractivity contribution >= 4 is 0 Å². The van der Waals surface area contributed by atoms with Gasteiger partial charge in [0, 0.05) is 18.8 Å². The second-order valence-electron chi connectivity index (χ2n) is 3.51. The van der Waals surface area contributed by atoms with Gasteiger partial charge in [-0.2, -0.15) is 4.98 Å². The van der Waals surface area contributed by atoms with Crippen LogP contribution < -0.4 is 10.5 Å². The molecule has 0 saturated carbocycles. The Morgan fingerprint density at radius 2 is 2.18 bits per heavy atom. The van der Waals surface area contributed by atoms with Crippen LogP contribution in [0.3, 0.4) is 0 Å². The number of hydrogen-bond acceptors (Lipinski definition) is 4. The van der Waals surface area contributed by atoms with E-state index in [1.54, 1.807) is 25.3 Å². The van der Waals surface area contributed by atoms with Gasteiger partial charge in [-0.15, -0.1) is 0 Å². The lowest BCUT2D eigenvalue weighted by Crippen LogP contribution is -1.98. The van der Waals surface area contributed by atoms with Crippen molar-refractivity contribution in [2.45, 2.75) is 13.5 Å². The fourth-order valence-corrected chi connectivity index (χ4v) is 1.36. The average Bonchev–Trinajstić information content (AvgIpc) is 2.32. The van der Waals surface area contributed by atoms with Crippen LogP contribution in [-0.4, -0.2) is 9.97 Å². The van der Waals surface area contributed by atoms with Crippen LogP contribution in [0.5, 0.6) is 11.6 Å². The average molecular weight is 233 g/mol. The number of benzene rings is 1. The fourth-order valence-electron chi connectivity index (χ4n) is 1.36. The summed E-state index contributed by atoms with van der Waals surface area (Å²) in [6.45, 7) is 2.03. The zero-order valence-corrected chi connectivity index (χ0v) is 9.35. The fraction of sp³-hybridized carbons (Fsp3) is 0.167. The first kappa shape index (κ1) is 11.5. The van der Waals surface area contributed by atoms with E-state index < -0.39 is 5.82 Å². The predicted molar refractivity (Wildman–Crippen MR) is 61.1 cm³/mol. The van der Waals surface area contributed by atoms with E-state index in [0.717, 1.165) is 0 Å². The molecule has 0 aliphatic heterocycles. The molecule has 1 aromatic heterocycles. The van der Waals surface area contributed by atoms with Crippen molar-refractivity contribution in [2.24, 2.45) is 5.73 Å². The molecule has 0 spiro atoms. The maximum absolute atomic E-state index is 13.6. The molecule has 0 bridgehead atoms. The molecule has 1 heterocycles. The summed E-state index contributed by atoms with van der Waals surface area (Å²) in [5.41, 5.74) is 6.13. The van der Waals surface area contributed by atoms with Gasteiger partial charge in [0.05, 0.1) is 0 Å². The van der Waals surface area contributed by atoms with Crippen LogP contribution in [0.25, 0.3) is 0 Å². The van der Waals surface area contributed by atoms with Crippen molar-refractivity contribution in [3.8, 4) is 11.6 Å². The molecule has 0 saturated heterocycles. The third kappa shape index (κ3) is 2.76. The van der Waals surface area contributed by atoms with E-state index in [1.165, 1.54) is 12.1 Å². The van der Waals surface area contributed by atoms with E-state index in [4.69, 9.17) is 10.5 Å². The summed E-state index contributed by atoms with van der Waals surface area (Å²) in [5.74, 6) is 0.558. The number of aryl methyl sites for hydroxylation is 1. The third-order valence-corrected chi connectivity index (χ3v) is 2.20. The molecule has 2 aromatic rings. The van der Waals surface area contributed by atoms with Crippen molar-refractivity contribution < 1.29 is 9.13 Å². The Morgan fingerprint density at radius 3 is 2.82 bits per heavy atom. The molecule has 17 heavy (non-hydrogen) atoms. The maximum atomic E-state index is 13.6. The Bertz CT molecular complexity index is 531. The van der Waals surface area contributed by atoms with Crippen LogP contribution in [-0.2, 0) is 6.54 Å². The van der Waals surface area contributed by atoms with Crippen LogP contribution in [0.4, 0.5) is 4.39 Å². The Morgan fingerprint density at radius 1 is 1.35 bits per heavy atom. The normalized spacial score (nSPS) is 10.3. The second kappa shape index (κ2) is 4.88. The summed E-state index contributed by atoms with van der Waals surface area (Å²) in [6, 6.07) is 6.17. The first-order chi connectivity index (χ1) is 8.19. The van der Waals surface area contributed by atoms with Gasteiger partial charge in [0.2, 0.25) is 5.88 Å². The van der Waals surface area contributed by atoms with Crippen molar-refractivity contribution in [1.82, 2.24) is 9.97 Å². The molecule has 5 heteroatoms. The number of aromatic nitrogens is 2. The van der Waals surface area contributed by atoms with E-state index >= 15 is 0 Å². The van der Waals surface area contributed by atoms with Crippen LogP contribution >= 0.6 is 0 Å². The van der Waals surface area contributed by atoms with Crippen LogP contribution in [0.2, 0.25) is 0 Å². The molecule has 0 unspecified atom stereocenters. The third-order valence-electron chi connectivity index (χ3n) is 2.20. The minimum Gasteiger partial charge on any atom is -0.436 e. The molecular formula is C12H12FN3O. The largest absolute Gasteiger partial charge is 0.436 e. The summed E-state index contributed by atoms with van der Waals surface area (Å²) in [4.78, 5) is 7.96. The van der Waals surface area contributed by atoms with Gasteiger partial charge in [-0.05, 0) is 24.6 Å². The highest BCUT2D eigenvalue weighted by molar-refractivity contribution is 5.32. The molecule has 2 N–H and O–H groups in total. The zero-order chi connectivity index (χ0) is 12.3. The molecule has 0 atom stereocenters. The summed E-state index contributed by atoms with van der Waals surface area (Å²) in [6.07, 6.45) is 1.56. The van der Waals surface area contributed by atoms with Gasteiger partial charge >= 0.3 is 0 Å². The van der Waals surface area contributed by atoms with Crippen molar-refractivity contribution in [1.29, 1.82) is 0 Å². The molecule has 88 valence electrons. The summed E-state index contributed by atoms with van der Waals surface area (Å²) < 4.78 is 18.9.